The van der Waals surface area contributed by atoms with Crippen LogP contribution in [0.4, 0.5) is 0 Å². The summed E-state index contributed by atoms with van der Waals surface area (Å²) in [4.78, 5) is 30.3. The molecule has 8 heteroatoms. The van der Waals surface area contributed by atoms with Crippen LogP contribution < -0.4 is 5.32 Å². The van der Waals surface area contributed by atoms with E-state index in [2.05, 4.69) is 30.2 Å². The van der Waals surface area contributed by atoms with Crippen molar-refractivity contribution in [2.75, 3.05) is 13.1 Å². The minimum Gasteiger partial charge on any atom is -0.390 e. The Morgan fingerprint density at radius 3 is 2.74 bits per heavy atom. The van der Waals surface area contributed by atoms with E-state index < -0.39 is 6.10 Å². The summed E-state index contributed by atoms with van der Waals surface area (Å²) in [7, 11) is 0. The SMILES string of the molecule is Cc1ncc(CN2C[C@@H](O)[C@H](NC(=O)c3cnccn3)C2)cn1. The number of likely N-dealkylation sites (tertiary alicyclic amines) is 1. The highest BCUT2D eigenvalue weighted by molar-refractivity contribution is 5.92. The molecular formula is C15H18N6O2. The van der Waals surface area contributed by atoms with E-state index in [0.29, 0.717) is 19.6 Å². The van der Waals surface area contributed by atoms with Gasteiger partial charge in [-0.2, -0.15) is 0 Å². The number of hydrogen-bond acceptors (Lipinski definition) is 7. The largest absolute Gasteiger partial charge is 0.390 e. The Bertz CT molecular complexity index is 663. The van der Waals surface area contributed by atoms with Gasteiger partial charge in [0.15, 0.2) is 0 Å². The third kappa shape index (κ3) is 3.85. The van der Waals surface area contributed by atoms with E-state index in [9.17, 15) is 9.90 Å². The number of carbonyl (C=O) groups excluding carboxylic acids is 1. The lowest BCUT2D eigenvalue weighted by atomic mass is 10.2. The first-order valence-electron chi connectivity index (χ1n) is 7.36. The summed E-state index contributed by atoms with van der Waals surface area (Å²) < 4.78 is 0. The number of nitrogens with one attached hydrogen (secondary N) is 1. The van der Waals surface area contributed by atoms with E-state index in [0.717, 1.165) is 11.4 Å². The van der Waals surface area contributed by atoms with Gasteiger partial charge in [0.25, 0.3) is 5.91 Å². The van der Waals surface area contributed by atoms with Crippen LogP contribution in [0.1, 0.15) is 21.9 Å². The van der Waals surface area contributed by atoms with Crippen molar-refractivity contribution in [1.82, 2.24) is 30.2 Å². The van der Waals surface area contributed by atoms with Gasteiger partial charge in [-0.3, -0.25) is 14.7 Å². The fraction of sp³-hybridized carbons (Fsp3) is 0.400. The fourth-order valence-corrected chi connectivity index (χ4v) is 2.55. The maximum Gasteiger partial charge on any atom is 0.271 e. The van der Waals surface area contributed by atoms with E-state index in [-0.39, 0.29) is 17.6 Å². The van der Waals surface area contributed by atoms with Gasteiger partial charge in [0.05, 0.1) is 18.3 Å². The Morgan fingerprint density at radius 2 is 2.04 bits per heavy atom. The van der Waals surface area contributed by atoms with Gasteiger partial charge in [0.2, 0.25) is 0 Å². The molecule has 2 N–H and O–H groups in total. The average Bonchev–Trinajstić information content (AvgIpc) is 2.90. The number of aliphatic hydroxyl groups is 1. The molecule has 0 aromatic carbocycles. The second-order valence-corrected chi connectivity index (χ2v) is 5.57. The zero-order valence-corrected chi connectivity index (χ0v) is 12.8. The molecule has 1 aliphatic heterocycles. The van der Waals surface area contributed by atoms with E-state index in [1.807, 2.05) is 6.92 Å². The lowest BCUT2D eigenvalue weighted by molar-refractivity contribution is 0.0883. The molecule has 2 atom stereocenters. The highest BCUT2D eigenvalue weighted by Crippen LogP contribution is 2.14. The van der Waals surface area contributed by atoms with E-state index in [1.165, 1.54) is 18.6 Å². The van der Waals surface area contributed by atoms with Crippen LogP contribution in [-0.2, 0) is 6.54 Å². The highest BCUT2D eigenvalue weighted by atomic mass is 16.3. The Labute approximate surface area is 133 Å². The molecule has 23 heavy (non-hydrogen) atoms. The second-order valence-electron chi connectivity index (χ2n) is 5.57. The molecule has 0 spiro atoms. The summed E-state index contributed by atoms with van der Waals surface area (Å²) in [6.45, 7) is 3.51. The maximum atomic E-state index is 12.1. The highest BCUT2D eigenvalue weighted by Gasteiger charge is 2.32. The number of aromatic nitrogens is 4. The summed E-state index contributed by atoms with van der Waals surface area (Å²) in [6.07, 6.45) is 7.30. The van der Waals surface area contributed by atoms with Crippen LogP contribution in [0.25, 0.3) is 0 Å². The predicted molar refractivity (Wildman–Crippen MR) is 81.3 cm³/mol. The molecule has 0 radical (unpaired) electrons. The van der Waals surface area contributed by atoms with Crippen molar-refractivity contribution in [1.29, 1.82) is 0 Å². The Morgan fingerprint density at radius 1 is 1.26 bits per heavy atom. The van der Waals surface area contributed by atoms with Crippen LogP contribution in [-0.4, -0.2) is 61.1 Å². The monoisotopic (exact) mass is 314 g/mol. The summed E-state index contributed by atoms with van der Waals surface area (Å²) >= 11 is 0. The topological polar surface area (TPSA) is 104 Å². The van der Waals surface area contributed by atoms with Crippen molar-refractivity contribution in [3.8, 4) is 0 Å². The Balaban J connectivity index is 1.58. The molecule has 120 valence electrons. The third-order valence-corrected chi connectivity index (χ3v) is 3.72. The normalized spacial score (nSPS) is 21.3. The molecule has 3 heterocycles. The number of carbonyl (C=O) groups is 1. The molecule has 1 amide bonds. The van der Waals surface area contributed by atoms with Gasteiger partial charge in [-0.05, 0) is 6.92 Å². The number of nitrogens with zero attached hydrogens (tertiary/aromatic N) is 5. The number of hydrogen-bond donors (Lipinski definition) is 2. The number of aryl methyl sites for hydroxylation is 1. The molecule has 3 rings (SSSR count). The maximum absolute atomic E-state index is 12.1. The summed E-state index contributed by atoms with van der Waals surface area (Å²) in [5.41, 5.74) is 1.22. The molecule has 2 aromatic rings. The minimum absolute atomic E-state index is 0.241. The molecule has 1 fully saturated rings. The van der Waals surface area contributed by atoms with E-state index >= 15 is 0 Å². The first-order chi connectivity index (χ1) is 11.1. The second kappa shape index (κ2) is 6.76. The molecule has 2 aromatic heterocycles. The first kappa shape index (κ1) is 15.4. The van der Waals surface area contributed by atoms with Crippen molar-refractivity contribution in [2.45, 2.75) is 25.6 Å². The quantitative estimate of drug-likeness (QED) is 0.787. The van der Waals surface area contributed by atoms with E-state index in [4.69, 9.17) is 0 Å². The van der Waals surface area contributed by atoms with Crippen molar-refractivity contribution >= 4 is 5.91 Å². The Kier molecular flexibility index (Phi) is 4.54. The number of amides is 1. The van der Waals surface area contributed by atoms with Gasteiger partial charge in [-0.1, -0.05) is 0 Å². The van der Waals surface area contributed by atoms with Gasteiger partial charge in [-0.25, -0.2) is 15.0 Å². The molecule has 0 aliphatic carbocycles. The van der Waals surface area contributed by atoms with Crippen LogP contribution in [0, 0.1) is 6.92 Å². The summed E-state index contributed by atoms with van der Waals surface area (Å²) in [6, 6.07) is -0.337. The standard InChI is InChI=1S/C15H18N6O2/c1-10-18-4-11(5-19-10)7-21-8-13(14(22)9-21)20-15(23)12-6-16-2-3-17-12/h2-6,13-14,22H,7-9H2,1H3,(H,20,23)/t13-,14-/m1/s1. The lowest BCUT2D eigenvalue weighted by Gasteiger charge is -2.16. The van der Waals surface area contributed by atoms with E-state index in [1.54, 1.807) is 12.4 Å². The van der Waals surface area contributed by atoms with Crippen LogP contribution in [0.3, 0.4) is 0 Å². The lowest BCUT2D eigenvalue weighted by Crippen LogP contribution is -2.43. The molecule has 0 saturated carbocycles. The molecule has 1 saturated heterocycles. The molecular weight excluding hydrogens is 296 g/mol. The number of aliphatic hydroxyl groups excluding tert-OH is 1. The van der Waals surface area contributed by atoms with Gasteiger partial charge < -0.3 is 10.4 Å². The van der Waals surface area contributed by atoms with Gasteiger partial charge in [0.1, 0.15) is 11.5 Å². The zero-order chi connectivity index (χ0) is 16.2. The first-order valence-corrected chi connectivity index (χ1v) is 7.36. The molecule has 0 bridgehead atoms. The minimum atomic E-state index is -0.623. The summed E-state index contributed by atoms with van der Waals surface area (Å²) in [5.74, 6) is 0.395. The van der Waals surface area contributed by atoms with Crippen molar-refractivity contribution in [3.63, 3.8) is 0 Å². The van der Waals surface area contributed by atoms with Crippen LogP contribution in [0.15, 0.2) is 31.0 Å². The smallest absolute Gasteiger partial charge is 0.271 e. The van der Waals surface area contributed by atoms with Gasteiger partial charge in [0, 0.05) is 50.0 Å². The van der Waals surface area contributed by atoms with Crippen LogP contribution >= 0.6 is 0 Å². The van der Waals surface area contributed by atoms with Crippen LogP contribution in [0.2, 0.25) is 0 Å². The molecule has 0 unspecified atom stereocenters. The molecule has 1 aliphatic rings. The van der Waals surface area contributed by atoms with Crippen molar-refractivity contribution in [2.24, 2.45) is 0 Å². The zero-order valence-electron chi connectivity index (χ0n) is 12.8. The average molecular weight is 314 g/mol. The fourth-order valence-electron chi connectivity index (χ4n) is 2.55. The van der Waals surface area contributed by atoms with Crippen LogP contribution in [0.5, 0.6) is 0 Å². The predicted octanol–water partition coefficient (Wildman–Crippen LogP) is -0.450. The van der Waals surface area contributed by atoms with Gasteiger partial charge in [-0.15, -0.1) is 0 Å². The number of rotatable bonds is 4. The number of β-amino-alcohol motifs (C(OH)–C–C–N with tert-alkyl or cyclic N) is 1. The van der Waals surface area contributed by atoms with Gasteiger partial charge >= 0.3 is 0 Å². The van der Waals surface area contributed by atoms with Crippen molar-refractivity contribution in [3.05, 3.63) is 48.1 Å². The van der Waals surface area contributed by atoms with Crippen molar-refractivity contribution < 1.29 is 9.90 Å². The summed E-state index contributed by atoms with van der Waals surface area (Å²) in [5, 5.41) is 13.0. The molecule has 8 nitrogen and oxygen atoms in total. The Hall–Kier alpha value is -2.45. The third-order valence-electron chi connectivity index (χ3n) is 3.72.